The van der Waals surface area contributed by atoms with E-state index in [-0.39, 0.29) is 31.1 Å². The molecule has 7 heteroatoms. The highest BCUT2D eigenvalue weighted by molar-refractivity contribution is 5.75. The van der Waals surface area contributed by atoms with Crippen LogP contribution >= 0.6 is 0 Å². The molecule has 0 aliphatic carbocycles. The first-order chi connectivity index (χ1) is 11.5. The lowest BCUT2D eigenvalue weighted by Crippen LogP contribution is -2.24. The summed E-state index contributed by atoms with van der Waals surface area (Å²) in [5.74, 6) is -2.35. The summed E-state index contributed by atoms with van der Waals surface area (Å²) in [7, 11) is 0. The summed E-state index contributed by atoms with van der Waals surface area (Å²) >= 11 is 0. The number of halogens is 2. The highest BCUT2D eigenvalue weighted by Gasteiger charge is 2.06. The molecule has 1 aromatic rings. The van der Waals surface area contributed by atoms with Gasteiger partial charge in [-0.15, -0.1) is 0 Å². The molecule has 5 nitrogen and oxygen atoms in total. The predicted octanol–water partition coefficient (Wildman–Crippen LogP) is 3.28. The fraction of sp³-hybridized carbons (Fsp3) is 0.529. The number of amides is 1. The van der Waals surface area contributed by atoms with E-state index in [1.54, 1.807) is 0 Å². The highest BCUT2D eigenvalue weighted by atomic mass is 19.1. The molecule has 0 aliphatic rings. The Morgan fingerprint density at radius 1 is 1.04 bits per heavy atom. The van der Waals surface area contributed by atoms with Gasteiger partial charge in [0.1, 0.15) is 5.82 Å². The normalized spacial score (nSPS) is 10.4. The average Bonchev–Trinajstić information content (AvgIpc) is 2.52. The summed E-state index contributed by atoms with van der Waals surface area (Å²) in [4.78, 5) is 21.9. The average molecular weight is 343 g/mol. The van der Waals surface area contributed by atoms with Gasteiger partial charge in [0.25, 0.3) is 0 Å². The number of carbonyl (C=O) groups is 2. The number of unbranched alkanes of at least 4 members (excludes halogenated alkanes) is 3. The first-order valence-corrected chi connectivity index (χ1v) is 8.05. The summed E-state index contributed by atoms with van der Waals surface area (Å²) in [5.41, 5.74) is 0. The van der Waals surface area contributed by atoms with E-state index in [1.165, 1.54) is 6.07 Å². The standard InChI is InChI=1S/C17H23F2NO4/c18-13-8-9-15(14(19)12-13)24-11-5-6-16(21)20-10-4-2-1-3-7-17(22)23/h8-9,12H,1-7,10-11H2,(H,20,21)(H,22,23). The van der Waals surface area contributed by atoms with Gasteiger partial charge in [0.2, 0.25) is 5.91 Å². The van der Waals surface area contributed by atoms with E-state index >= 15 is 0 Å². The van der Waals surface area contributed by atoms with Gasteiger partial charge >= 0.3 is 5.97 Å². The zero-order valence-electron chi connectivity index (χ0n) is 13.5. The minimum absolute atomic E-state index is 0.0295. The summed E-state index contributed by atoms with van der Waals surface area (Å²) in [5, 5.41) is 11.3. The lowest BCUT2D eigenvalue weighted by atomic mass is 10.1. The number of carbonyl (C=O) groups excluding carboxylic acids is 1. The number of ether oxygens (including phenoxy) is 1. The lowest BCUT2D eigenvalue weighted by molar-refractivity contribution is -0.137. The van der Waals surface area contributed by atoms with E-state index in [1.807, 2.05) is 0 Å². The monoisotopic (exact) mass is 343 g/mol. The Labute approximate surface area is 140 Å². The van der Waals surface area contributed by atoms with Crippen LogP contribution in [-0.2, 0) is 9.59 Å². The Hall–Kier alpha value is -2.18. The molecule has 0 spiro atoms. The molecule has 0 bridgehead atoms. The maximum atomic E-state index is 13.3. The number of rotatable bonds is 12. The second kappa shape index (κ2) is 11.4. The third kappa shape index (κ3) is 9.07. The van der Waals surface area contributed by atoms with Crippen LogP contribution in [0.15, 0.2) is 18.2 Å². The van der Waals surface area contributed by atoms with Crippen molar-refractivity contribution in [2.24, 2.45) is 0 Å². The first-order valence-electron chi connectivity index (χ1n) is 8.05. The molecule has 0 aromatic heterocycles. The molecule has 1 aromatic carbocycles. The van der Waals surface area contributed by atoms with Crippen molar-refractivity contribution in [3.8, 4) is 5.75 Å². The smallest absolute Gasteiger partial charge is 0.303 e. The number of hydrogen-bond donors (Lipinski definition) is 2. The van der Waals surface area contributed by atoms with Gasteiger partial charge in [0.05, 0.1) is 6.61 Å². The van der Waals surface area contributed by atoms with Crippen molar-refractivity contribution in [1.29, 1.82) is 0 Å². The molecular formula is C17H23F2NO4. The molecule has 0 fully saturated rings. The van der Waals surface area contributed by atoms with Crippen LogP contribution in [-0.4, -0.2) is 30.1 Å². The topological polar surface area (TPSA) is 75.6 Å². The lowest BCUT2D eigenvalue weighted by Gasteiger charge is -2.08. The zero-order valence-corrected chi connectivity index (χ0v) is 13.5. The molecule has 0 heterocycles. The second-order valence-corrected chi connectivity index (χ2v) is 5.43. The summed E-state index contributed by atoms with van der Waals surface area (Å²) in [6.45, 7) is 0.727. The maximum Gasteiger partial charge on any atom is 0.303 e. The second-order valence-electron chi connectivity index (χ2n) is 5.43. The van der Waals surface area contributed by atoms with Crippen molar-refractivity contribution in [3.05, 3.63) is 29.8 Å². The molecule has 24 heavy (non-hydrogen) atoms. The van der Waals surface area contributed by atoms with Gasteiger partial charge in [-0.3, -0.25) is 9.59 Å². The molecule has 1 rings (SSSR count). The zero-order chi connectivity index (χ0) is 17.8. The van der Waals surface area contributed by atoms with Gasteiger partial charge in [-0.25, -0.2) is 8.78 Å². The van der Waals surface area contributed by atoms with Gasteiger partial charge in [-0.05, 0) is 31.4 Å². The fourth-order valence-corrected chi connectivity index (χ4v) is 2.08. The number of benzene rings is 1. The van der Waals surface area contributed by atoms with Crippen LogP contribution in [0.1, 0.15) is 44.9 Å². The molecule has 134 valence electrons. The predicted molar refractivity (Wildman–Crippen MR) is 84.8 cm³/mol. The molecule has 0 saturated heterocycles. The minimum atomic E-state index is -0.786. The van der Waals surface area contributed by atoms with E-state index in [2.05, 4.69) is 5.32 Å². The van der Waals surface area contributed by atoms with Crippen LogP contribution in [0.25, 0.3) is 0 Å². The third-order valence-electron chi connectivity index (χ3n) is 3.34. The van der Waals surface area contributed by atoms with Crippen LogP contribution in [0, 0.1) is 11.6 Å². The van der Waals surface area contributed by atoms with Crippen molar-refractivity contribution < 1.29 is 28.2 Å². The fourth-order valence-electron chi connectivity index (χ4n) is 2.08. The Morgan fingerprint density at radius 2 is 1.79 bits per heavy atom. The molecular weight excluding hydrogens is 320 g/mol. The van der Waals surface area contributed by atoms with E-state index in [0.717, 1.165) is 31.4 Å². The number of hydrogen-bond acceptors (Lipinski definition) is 3. The van der Waals surface area contributed by atoms with Gasteiger partial charge in [-0.1, -0.05) is 12.8 Å². The molecule has 0 saturated carbocycles. The Bertz CT molecular complexity index is 537. The number of nitrogens with one attached hydrogen (secondary N) is 1. The van der Waals surface area contributed by atoms with E-state index in [9.17, 15) is 18.4 Å². The van der Waals surface area contributed by atoms with Crippen LogP contribution < -0.4 is 10.1 Å². The number of carboxylic acid groups (broad SMARTS) is 1. The van der Waals surface area contributed by atoms with Gasteiger partial charge < -0.3 is 15.2 Å². The minimum Gasteiger partial charge on any atom is -0.491 e. The van der Waals surface area contributed by atoms with Crippen LogP contribution in [0.3, 0.4) is 0 Å². The van der Waals surface area contributed by atoms with Crippen molar-refractivity contribution in [2.75, 3.05) is 13.2 Å². The van der Waals surface area contributed by atoms with Crippen molar-refractivity contribution in [3.63, 3.8) is 0 Å². The molecule has 2 N–H and O–H groups in total. The maximum absolute atomic E-state index is 13.3. The van der Waals surface area contributed by atoms with Crippen LogP contribution in [0.5, 0.6) is 5.75 Å². The quantitative estimate of drug-likeness (QED) is 0.571. The van der Waals surface area contributed by atoms with Gasteiger partial charge in [0, 0.05) is 25.5 Å². The van der Waals surface area contributed by atoms with Crippen molar-refractivity contribution in [1.82, 2.24) is 5.32 Å². The highest BCUT2D eigenvalue weighted by Crippen LogP contribution is 2.17. The molecule has 0 atom stereocenters. The molecule has 0 radical (unpaired) electrons. The Balaban J connectivity index is 2.01. The summed E-state index contributed by atoms with van der Waals surface area (Å²) in [6, 6.07) is 3.08. The van der Waals surface area contributed by atoms with E-state index in [4.69, 9.17) is 9.84 Å². The first kappa shape index (κ1) is 19.9. The Morgan fingerprint density at radius 3 is 2.50 bits per heavy atom. The van der Waals surface area contributed by atoms with Crippen LogP contribution in [0.4, 0.5) is 8.78 Å². The number of aliphatic carboxylic acids is 1. The summed E-state index contributed by atoms with van der Waals surface area (Å²) in [6.07, 6.45) is 4.05. The van der Waals surface area contributed by atoms with Crippen LogP contribution in [0.2, 0.25) is 0 Å². The van der Waals surface area contributed by atoms with Gasteiger partial charge in [0.15, 0.2) is 11.6 Å². The largest absolute Gasteiger partial charge is 0.491 e. The SMILES string of the molecule is O=C(O)CCCCCCNC(=O)CCCOc1ccc(F)cc1F. The molecule has 1 amide bonds. The number of carboxylic acids is 1. The third-order valence-corrected chi connectivity index (χ3v) is 3.34. The summed E-state index contributed by atoms with van der Waals surface area (Å²) < 4.78 is 31.2. The molecule has 0 unspecified atom stereocenters. The van der Waals surface area contributed by atoms with Gasteiger partial charge in [-0.2, -0.15) is 0 Å². The van der Waals surface area contributed by atoms with Crippen molar-refractivity contribution >= 4 is 11.9 Å². The Kier molecular flexibility index (Phi) is 9.41. The van der Waals surface area contributed by atoms with E-state index in [0.29, 0.717) is 19.4 Å². The van der Waals surface area contributed by atoms with Crippen molar-refractivity contribution in [2.45, 2.75) is 44.9 Å². The molecule has 0 aliphatic heterocycles. The van der Waals surface area contributed by atoms with E-state index < -0.39 is 17.6 Å².